The molecule has 0 fully saturated rings. The van der Waals surface area contributed by atoms with Gasteiger partial charge in [-0.2, -0.15) is 0 Å². The van der Waals surface area contributed by atoms with Gasteiger partial charge in [0.15, 0.2) is 0 Å². The van der Waals surface area contributed by atoms with Gasteiger partial charge in [-0.25, -0.2) is 0 Å². The molecule has 0 spiro atoms. The van der Waals surface area contributed by atoms with Crippen LogP contribution in [0.2, 0.25) is 0 Å². The van der Waals surface area contributed by atoms with Crippen molar-refractivity contribution in [1.82, 2.24) is 0 Å². The molecule has 0 radical (unpaired) electrons. The van der Waals surface area contributed by atoms with Gasteiger partial charge in [0.2, 0.25) is 0 Å². The number of hydrogen-bond acceptors (Lipinski definition) is 1. The van der Waals surface area contributed by atoms with Crippen molar-refractivity contribution in [1.29, 1.82) is 0 Å². The first-order valence-corrected chi connectivity index (χ1v) is 13.8. The van der Waals surface area contributed by atoms with Crippen LogP contribution in [0.3, 0.4) is 0 Å². The third-order valence-corrected chi connectivity index (χ3v) is 15.2. The topological polar surface area (TPSA) is 0 Å². The Hall–Kier alpha value is -2.34. The van der Waals surface area contributed by atoms with E-state index in [0.717, 1.165) is 0 Å². The first-order valence-electron chi connectivity index (χ1n) is 9.01. The predicted octanol–water partition coefficient (Wildman–Crippen LogP) is 4.29. The zero-order chi connectivity index (χ0) is 18.4. The van der Waals surface area contributed by atoms with E-state index in [1.165, 1.54) is 17.9 Å². The minimum atomic E-state index is -2.73. The van der Waals surface area contributed by atoms with Crippen LogP contribution in [0.1, 0.15) is 0 Å². The van der Waals surface area contributed by atoms with Crippen LogP contribution in [-0.4, -0.2) is 17.2 Å². The summed E-state index contributed by atoms with van der Waals surface area (Å²) in [5.41, 5.74) is 0. The normalized spacial score (nSPS) is 11.1. The van der Waals surface area contributed by atoms with Crippen LogP contribution in [0.5, 0.6) is 0 Å². The van der Waals surface area contributed by atoms with Crippen LogP contribution in [0.4, 0.5) is 0 Å². The van der Waals surface area contributed by atoms with E-state index < -0.39 is 13.1 Å². The molecule has 0 atom stereocenters. The van der Waals surface area contributed by atoms with Gasteiger partial charge in [-0.15, -0.1) is 0 Å². The van der Waals surface area contributed by atoms with Gasteiger partial charge in [0.1, 0.15) is 0 Å². The molecule has 0 unspecified atom stereocenters. The molecule has 0 N–H and O–H groups in total. The van der Waals surface area contributed by atoms with Gasteiger partial charge >= 0.3 is 168 Å². The Morgan fingerprint density at radius 3 is 1.15 bits per heavy atom. The molecular formula is C25H21AsS. The molecular weight excluding hydrogens is 407 g/mol. The van der Waals surface area contributed by atoms with Gasteiger partial charge in [-0.05, 0) is 0 Å². The standard InChI is InChI=1S/C25H21AsS/c1-5-13-22(14-6-1)26(23-15-7-2-8-16-23,24-17-9-3-10-18-24)21-27-25-19-11-4-12-20-25/h1-21H. The second-order valence-electron chi connectivity index (χ2n) is 6.27. The summed E-state index contributed by atoms with van der Waals surface area (Å²) in [6.45, 7) is 0. The first kappa shape index (κ1) is 18.0. The van der Waals surface area contributed by atoms with Crippen molar-refractivity contribution >= 4 is 42.1 Å². The third kappa shape index (κ3) is 3.85. The summed E-state index contributed by atoms with van der Waals surface area (Å²) in [4.78, 5) is 1.28. The van der Waals surface area contributed by atoms with Crippen LogP contribution in [0.25, 0.3) is 0 Å². The Morgan fingerprint density at radius 1 is 0.444 bits per heavy atom. The van der Waals surface area contributed by atoms with E-state index in [1.54, 1.807) is 0 Å². The summed E-state index contributed by atoms with van der Waals surface area (Å²) in [5, 5.41) is 0. The van der Waals surface area contributed by atoms with Crippen molar-refractivity contribution in [3.63, 3.8) is 0 Å². The maximum atomic E-state index is 2.55. The zero-order valence-electron chi connectivity index (χ0n) is 15.0. The quantitative estimate of drug-likeness (QED) is 0.338. The molecule has 27 heavy (non-hydrogen) atoms. The number of rotatable bonds is 5. The molecule has 0 heterocycles. The Labute approximate surface area is 167 Å². The van der Waals surface area contributed by atoms with E-state index >= 15 is 0 Å². The van der Waals surface area contributed by atoms with Crippen LogP contribution < -0.4 is 13.1 Å². The van der Waals surface area contributed by atoms with Crippen LogP contribution in [0.15, 0.2) is 126 Å². The second-order valence-corrected chi connectivity index (χ2v) is 14.8. The Balaban J connectivity index is 2.00. The minimum absolute atomic E-state index is 1.28. The Morgan fingerprint density at radius 2 is 0.778 bits per heavy atom. The molecule has 0 aromatic heterocycles. The fourth-order valence-electron chi connectivity index (χ4n) is 3.26. The van der Waals surface area contributed by atoms with Crippen molar-refractivity contribution in [2.24, 2.45) is 0 Å². The molecule has 0 aliphatic carbocycles. The summed E-state index contributed by atoms with van der Waals surface area (Å²) in [6, 6.07) is 43.8. The Bertz CT molecular complexity index is 923. The monoisotopic (exact) mass is 428 g/mol. The maximum absolute atomic E-state index is 2.73. The average molecular weight is 428 g/mol. The number of benzene rings is 4. The van der Waals surface area contributed by atoms with E-state index in [2.05, 4.69) is 125 Å². The van der Waals surface area contributed by atoms with Gasteiger partial charge in [0.05, 0.1) is 0 Å². The van der Waals surface area contributed by atoms with Crippen molar-refractivity contribution in [3.05, 3.63) is 121 Å². The molecule has 2 heteroatoms. The molecule has 132 valence electrons. The predicted molar refractivity (Wildman–Crippen MR) is 122 cm³/mol. The Kier molecular flexibility index (Phi) is 5.72. The van der Waals surface area contributed by atoms with Gasteiger partial charge in [-0.3, -0.25) is 0 Å². The van der Waals surface area contributed by atoms with Crippen LogP contribution in [-0.2, 0) is 0 Å². The van der Waals surface area contributed by atoms with E-state index in [9.17, 15) is 0 Å². The fraction of sp³-hybridized carbons (Fsp3) is 0. The second kappa shape index (κ2) is 8.56. The molecule has 4 aromatic carbocycles. The molecule has 0 nitrogen and oxygen atoms in total. The fourth-order valence-corrected chi connectivity index (χ4v) is 14.2. The first-order chi connectivity index (χ1) is 13.4. The number of thioether (sulfide) groups is 1. The van der Waals surface area contributed by atoms with Crippen molar-refractivity contribution in [2.75, 3.05) is 0 Å². The van der Waals surface area contributed by atoms with Gasteiger partial charge in [0.25, 0.3) is 0 Å². The van der Waals surface area contributed by atoms with Crippen molar-refractivity contribution < 1.29 is 0 Å². The molecule has 0 aliphatic rings. The van der Waals surface area contributed by atoms with E-state index in [4.69, 9.17) is 0 Å². The molecule has 4 rings (SSSR count). The van der Waals surface area contributed by atoms with Crippen LogP contribution >= 0.6 is 11.8 Å². The summed E-state index contributed by atoms with van der Waals surface area (Å²) in [5.74, 6) is 0. The van der Waals surface area contributed by atoms with E-state index in [-0.39, 0.29) is 0 Å². The van der Waals surface area contributed by atoms with Crippen molar-refractivity contribution in [2.45, 2.75) is 4.90 Å². The zero-order valence-corrected chi connectivity index (χ0v) is 17.7. The SMILES string of the molecule is C(Sc1ccccc1)=[As](c1ccccc1)(c1ccccc1)c1ccccc1. The van der Waals surface area contributed by atoms with Crippen LogP contribution in [0, 0.1) is 0 Å². The number of hydrogen-bond donors (Lipinski definition) is 0. The third-order valence-electron chi connectivity index (χ3n) is 4.58. The van der Waals surface area contributed by atoms with Gasteiger partial charge in [-0.1, -0.05) is 0 Å². The molecule has 0 saturated carbocycles. The molecule has 0 saturated heterocycles. The molecule has 0 aliphatic heterocycles. The molecule has 4 aromatic rings. The van der Waals surface area contributed by atoms with Gasteiger partial charge in [0, 0.05) is 0 Å². The average Bonchev–Trinajstić information content (AvgIpc) is 2.77. The molecule has 0 amide bonds. The summed E-state index contributed by atoms with van der Waals surface area (Å²) < 4.78 is 6.87. The summed E-state index contributed by atoms with van der Waals surface area (Å²) in [6.07, 6.45) is 0. The van der Waals surface area contributed by atoms with E-state index in [0.29, 0.717) is 0 Å². The molecule has 0 bridgehead atoms. The summed E-state index contributed by atoms with van der Waals surface area (Å²) >= 11 is -0.866. The van der Waals surface area contributed by atoms with Crippen molar-refractivity contribution in [3.8, 4) is 0 Å². The summed E-state index contributed by atoms with van der Waals surface area (Å²) in [7, 11) is 0. The van der Waals surface area contributed by atoms with Gasteiger partial charge < -0.3 is 0 Å². The van der Waals surface area contributed by atoms with E-state index in [1.807, 2.05) is 11.8 Å².